The summed E-state index contributed by atoms with van der Waals surface area (Å²) in [5, 5.41) is 0. The van der Waals surface area contributed by atoms with Gasteiger partial charge in [-0.2, -0.15) is 0 Å². The third kappa shape index (κ3) is 6.05. The van der Waals surface area contributed by atoms with E-state index in [4.69, 9.17) is 9.47 Å². The molecule has 0 aromatic carbocycles. The standard InChI is InChI=1S/C21H40O2/c1-6-16(4)19-9-13-21(14-10-19)23-17(5)22-20-11-7-18(8-12-20)15(2)3/h15-21H,6-14H2,1-5H3. The van der Waals surface area contributed by atoms with Crippen LogP contribution < -0.4 is 0 Å². The molecule has 2 atom stereocenters. The van der Waals surface area contributed by atoms with E-state index >= 15 is 0 Å². The maximum absolute atomic E-state index is 6.21. The van der Waals surface area contributed by atoms with Gasteiger partial charge in [-0.25, -0.2) is 0 Å². The maximum Gasteiger partial charge on any atom is 0.155 e. The van der Waals surface area contributed by atoms with Crippen LogP contribution in [0.5, 0.6) is 0 Å². The third-order valence-corrected chi connectivity index (χ3v) is 6.60. The molecule has 0 bridgehead atoms. The number of rotatable bonds is 7. The predicted octanol–water partition coefficient (Wildman–Crippen LogP) is 6.19. The normalized spacial score (nSPS) is 35.2. The van der Waals surface area contributed by atoms with Crippen molar-refractivity contribution >= 4 is 0 Å². The smallest absolute Gasteiger partial charge is 0.155 e. The molecular weight excluding hydrogens is 284 g/mol. The van der Waals surface area contributed by atoms with E-state index in [0.717, 1.165) is 23.7 Å². The fourth-order valence-corrected chi connectivity index (χ4v) is 4.59. The molecule has 0 amide bonds. The number of hydrogen-bond donors (Lipinski definition) is 0. The molecule has 0 N–H and O–H groups in total. The minimum absolute atomic E-state index is 0.0271. The van der Waals surface area contributed by atoms with Crippen molar-refractivity contribution in [1.82, 2.24) is 0 Å². The van der Waals surface area contributed by atoms with Gasteiger partial charge in [-0.15, -0.1) is 0 Å². The van der Waals surface area contributed by atoms with Gasteiger partial charge < -0.3 is 9.47 Å². The van der Waals surface area contributed by atoms with Crippen LogP contribution in [0.25, 0.3) is 0 Å². The van der Waals surface area contributed by atoms with Crippen LogP contribution in [0.4, 0.5) is 0 Å². The monoisotopic (exact) mass is 324 g/mol. The topological polar surface area (TPSA) is 18.5 Å². The average Bonchev–Trinajstić information content (AvgIpc) is 2.55. The summed E-state index contributed by atoms with van der Waals surface area (Å²) in [4.78, 5) is 0. The van der Waals surface area contributed by atoms with E-state index in [9.17, 15) is 0 Å². The lowest BCUT2D eigenvalue weighted by molar-refractivity contribution is -0.197. The Balaban J connectivity index is 1.63. The van der Waals surface area contributed by atoms with Gasteiger partial charge in [-0.05, 0) is 82.0 Å². The molecule has 0 aromatic rings. The first-order valence-corrected chi connectivity index (χ1v) is 10.3. The summed E-state index contributed by atoms with van der Waals surface area (Å²) in [6.45, 7) is 11.5. The van der Waals surface area contributed by atoms with Crippen LogP contribution in [-0.2, 0) is 9.47 Å². The van der Waals surface area contributed by atoms with Crippen molar-refractivity contribution in [1.29, 1.82) is 0 Å². The lowest BCUT2D eigenvalue weighted by atomic mass is 9.79. The van der Waals surface area contributed by atoms with Crippen molar-refractivity contribution < 1.29 is 9.47 Å². The van der Waals surface area contributed by atoms with Crippen molar-refractivity contribution in [2.45, 2.75) is 111 Å². The van der Waals surface area contributed by atoms with Gasteiger partial charge in [0.05, 0.1) is 12.2 Å². The van der Waals surface area contributed by atoms with Gasteiger partial charge in [0.2, 0.25) is 0 Å². The molecule has 2 nitrogen and oxygen atoms in total. The van der Waals surface area contributed by atoms with E-state index in [2.05, 4.69) is 34.6 Å². The predicted molar refractivity (Wildman–Crippen MR) is 97.4 cm³/mol. The molecule has 2 aliphatic carbocycles. The molecule has 0 saturated heterocycles. The molecule has 2 aliphatic rings. The highest BCUT2D eigenvalue weighted by Crippen LogP contribution is 2.34. The number of hydrogen-bond acceptors (Lipinski definition) is 2. The molecule has 23 heavy (non-hydrogen) atoms. The first kappa shape index (κ1) is 19.2. The van der Waals surface area contributed by atoms with Gasteiger partial charge in [0.15, 0.2) is 6.29 Å². The molecule has 136 valence electrons. The summed E-state index contributed by atoms with van der Waals surface area (Å²) in [5.41, 5.74) is 0. The van der Waals surface area contributed by atoms with E-state index < -0.39 is 0 Å². The second-order valence-electron chi connectivity index (χ2n) is 8.54. The Labute approximate surface area is 144 Å². The summed E-state index contributed by atoms with van der Waals surface area (Å²) in [5.74, 6) is 3.52. The van der Waals surface area contributed by atoms with Gasteiger partial charge in [0.1, 0.15) is 0 Å². The van der Waals surface area contributed by atoms with E-state index in [1.54, 1.807) is 0 Å². The van der Waals surface area contributed by atoms with Crippen molar-refractivity contribution in [2.24, 2.45) is 23.7 Å². The van der Waals surface area contributed by atoms with Crippen LogP contribution in [0.15, 0.2) is 0 Å². The first-order valence-electron chi connectivity index (χ1n) is 10.3. The van der Waals surface area contributed by atoms with Crippen LogP contribution in [0.3, 0.4) is 0 Å². The van der Waals surface area contributed by atoms with E-state index in [-0.39, 0.29) is 6.29 Å². The molecule has 0 spiro atoms. The molecule has 2 fully saturated rings. The summed E-state index contributed by atoms with van der Waals surface area (Å²) >= 11 is 0. The Bertz CT molecular complexity index is 312. The van der Waals surface area contributed by atoms with Crippen molar-refractivity contribution in [3.8, 4) is 0 Å². The Kier molecular flexibility index (Phi) is 7.88. The SMILES string of the molecule is CCC(C)C1CCC(OC(C)OC2CCC(C(C)C)CC2)CC1. The third-order valence-electron chi connectivity index (χ3n) is 6.60. The van der Waals surface area contributed by atoms with Crippen LogP contribution in [0, 0.1) is 23.7 Å². The summed E-state index contributed by atoms with van der Waals surface area (Å²) in [7, 11) is 0. The Morgan fingerprint density at radius 3 is 1.52 bits per heavy atom. The Morgan fingerprint density at radius 2 is 1.13 bits per heavy atom. The van der Waals surface area contributed by atoms with Gasteiger partial charge in [0.25, 0.3) is 0 Å². The molecular formula is C21H40O2. The summed E-state index contributed by atoms with van der Waals surface area (Å²) in [6, 6.07) is 0. The lowest BCUT2D eigenvalue weighted by Crippen LogP contribution is -2.32. The van der Waals surface area contributed by atoms with Crippen molar-refractivity contribution in [2.75, 3.05) is 0 Å². The van der Waals surface area contributed by atoms with Crippen LogP contribution in [0.2, 0.25) is 0 Å². The van der Waals surface area contributed by atoms with Gasteiger partial charge in [-0.3, -0.25) is 0 Å². The van der Waals surface area contributed by atoms with Gasteiger partial charge >= 0.3 is 0 Å². The maximum atomic E-state index is 6.21. The largest absolute Gasteiger partial charge is 0.350 e. The molecule has 2 heteroatoms. The summed E-state index contributed by atoms with van der Waals surface area (Å²) < 4.78 is 12.4. The molecule has 0 radical (unpaired) electrons. The second kappa shape index (κ2) is 9.42. The Hall–Kier alpha value is -0.0800. The highest BCUT2D eigenvalue weighted by Gasteiger charge is 2.28. The zero-order valence-electron chi connectivity index (χ0n) is 16.2. The Morgan fingerprint density at radius 1 is 0.696 bits per heavy atom. The average molecular weight is 325 g/mol. The minimum Gasteiger partial charge on any atom is -0.350 e. The zero-order valence-corrected chi connectivity index (χ0v) is 16.2. The summed E-state index contributed by atoms with van der Waals surface area (Å²) in [6.07, 6.45) is 12.4. The highest BCUT2D eigenvalue weighted by molar-refractivity contribution is 4.77. The first-order chi connectivity index (χ1) is 11.0. The van der Waals surface area contributed by atoms with E-state index in [1.807, 2.05) is 0 Å². The van der Waals surface area contributed by atoms with E-state index in [1.165, 1.54) is 57.8 Å². The van der Waals surface area contributed by atoms with Gasteiger partial charge in [-0.1, -0.05) is 34.1 Å². The lowest BCUT2D eigenvalue weighted by Gasteiger charge is -2.35. The van der Waals surface area contributed by atoms with Crippen molar-refractivity contribution in [3.63, 3.8) is 0 Å². The fourth-order valence-electron chi connectivity index (χ4n) is 4.59. The molecule has 0 aliphatic heterocycles. The van der Waals surface area contributed by atoms with Gasteiger partial charge in [0, 0.05) is 0 Å². The number of ether oxygens (including phenoxy) is 2. The molecule has 2 rings (SSSR count). The van der Waals surface area contributed by atoms with Crippen LogP contribution in [0.1, 0.15) is 92.4 Å². The highest BCUT2D eigenvalue weighted by atomic mass is 16.7. The minimum atomic E-state index is -0.0271. The fraction of sp³-hybridized carbons (Fsp3) is 1.00. The quantitative estimate of drug-likeness (QED) is 0.520. The molecule has 0 aromatic heterocycles. The van der Waals surface area contributed by atoms with Crippen LogP contribution in [-0.4, -0.2) is 18.5 Å². The zero-order chi connectivity index (χ0) is 16.8. The second-order valence-corrected chi connectivity index (χ2v) is 8.54. The van der Waals surface area contributed by atoms with E-state index in [0.29, 0.717) is 12.2 Å². The van der Waals surface area contributed by atoms with Crippen molar-refractivity contribution in [3.05, 3.63) is 0 Å². The molecule has 2 saturated carbocycles. The van der Waals surface area contributed by atoms with Crippen LogP contribution >= 0.6 is 0 Å². The molecule has 0 heterocycles. The molecule has 2 unspecified atom stereocenters.